The molecule has 2 aromatic rings. The molecule has 31 heavy (non-hydrogen) atoms. The second kappa shape index (κ2) is 7.57. The predicted octanol–water partition coefficient (Wildman–Crippen LogP) is 1.77. The minimum absolute atomic E-state index is 0.0999. The lowest BCUT2D eigenvalue weighted by Gasteiger charge is -2.26. The Morgan fingerprint density at radius 3 is 2.77 bits per heavy atom. The van der Waals surface area contributed by atoms with Crippen molar-refractivity contribution >= 4 is 21.6 Å². The number of nitrogens with zero attached hydrogens (tertiary/aromatic N) is 3. The topological polar surface area (TPSA) is 124 Å². The van der Waals surface area contributed by atoms with Crippen LogP contribution in [0.2, 0.25) is 0 Å². The second-order valence-corrected chi connectivity index (χ2v) is 10.0. The fraction of sp³-hybridized carbons (Fsp3) is 0.500. The zero-order valence-electron chi connectivity index (χ0n) is 17.2. The lowest BCUT2D eigenvalue weighted by Crippen LogP contribution is -2.33. The molecule has 0 spiro atoms. The van der Waals surface area contributed by atoms with Crippen LogP contribution in [0.5, 0.6) is 5.88 Å². The number of rotatable bonds is 4. The van der Waals surface area contributed by atoms with Gasteiger partial charge in [0.1, 0.15) is 10.7 Å². The number of hydrogen-bond acceptors (Lipinski definition) is 5. The maximum absolute atomic E-state index is 14.6. The molecule has 0 saturated heterocycles. The standard InChI is InChI=1S/C20H25FN6O3S/c1-23-7-11-9-27-19(30-10-11)16(8-24-27)31(22,29)26-20(28)25-18-14-4-2-3-12(14)17(21)13-5-6-15(13)18/h8,11,23H,2-7,9-10H2,1H3,(H3,22,25,26,28,29). The molecule has 1 aromatic carbocycles. The van der Waals surface area contributed by atoms with Gasteiger partial charge in [-0.25, -0.2) is 23.2 Å². The lowest BCUT2D eigenvalue weighted by molar-refractivity contribution is 0.159. The highest BCUT2D eigenvalue weighted by Gasteiger charge is 2.32. The average Bonchev–Trinajstić information content (AvgIpc) is 3.33. The molecule has 11 heteroatoms. The summed E-state index contributed by atoms with van der Waals surface area (Å²) in [5.74, 6) is 0.368. The Balaban J connectivity index is 1.43. The van der Waals surface area contributed by atoms with E-state index in [0.717, 1.165) is 24.1 Å². The molecule has 0 fully saturated rings. The highest BCUT2D eigenvalue weighted by atomic mass is 32.2. The maximum atomic E-state index is 14.6. The highest BCUT2D eigenvalue weighted by Crippen LogP contribution is 2.42. The van der Waals surface area contributed by atoms with Crippen LogP contribution in [-0.4, -0.2) is 40.2 Å². The number of carbonyl (C=O) groups is 1. The summed E-state index contributed by atoms with van der Waals surface area (Å²) in [6, 6.07) is -0.814. The molecule has 0 saturated carbocycles. The lowest BCUT2D eigenvalue weighted by atomic mass is 9.83. The summed E-state index contributed by atoms with van der Waals surface area (Å²) < 4.78 is 38.8. The first kappa shape index (κ1) is 20.4. The number of nitrogens with two attached hydrogens (primary N) is 1. The minimum atomic E-state index is -3.57. The van der Waals surface area contributed by atoms with Crippen molar-refractivity contribution in [3.63, 3.8) is 0 Å². The number of urea groups is 1. The molecule has 5 rings (SSSR count). The third kappa shape index (κ3) is 3.40. The molecule has 3 aliphatic rings. The van der Waals surface area contributed by atoms with Crippen molar-refractivity contribution in [1.29, 1.82) is 0 Å². The van der Waals surface area contributed by atoms with E-state index in [-0.39, 0.29) is 22.5 Å². The molecule has 2 amide bonds. The summed E-state index contributed by atoms with van der Waals surface area (Å²) in [4.78, 5) is 12.8. The number of anilines is 1. The third-order valence-corrected chi connectivity index (χ3v) is 7.59. The van der Waals surface area contributed by atoms with E-state index in [0.29, 0.717) is 55.6 Å². The number of amides is 2. The molecule has 166 valence electrons. The van der Waals surface area contributed by atoms with Crippen LogP contribution in [0.3, 0.4) is 0 Å². The molecule has 2 atom stereocenters. The number of nitrogens with one attached hydrogen (secondary N) is 2. The quantitative estimate of drug-likeness (QED) is 0.658. The van der Waals surface area contributed by atoms with Crippen molar-refractivity contribution in [2.75, 3.05) is 25.5 Å². The van der Waals surface area contributed by atoms with Gasteiger partial charge in [0.15, 0.2) is 9.92 Å². The number of fused-ring (bicyclic) bond motifs is 3. The largest absolute Gasteiger partial charge is 0.476 e. The van der Waals surface area contributed by atoms with Crippen LogP contribution < -0.4 is 20.5 Å². The van der Waals surface area contributed by atoms with E-state index in [4.69, 9.17) is 9.88 Å². The van der Waals surface area contributed by atoms with E-state index in [1.807, 2.05) is 7.05 Å². The summed E-state index contributed by atoms with van der Waals surface area (Å²) >= 11 is 0. The van der Waals surface area contributed by atoms with E-state index < -0.39 is 15.9 Å². The van der Waals surface area contributed by atoms with Gasteiger partial charge in [-0.2, -0.15) is 5.10 Å². The molecule has 2 aliphatic carbocycles. The van der Waals surface area contributed by atoms with Gasteiger partial charge in [-0.3, -0.25) is 0 Å². The van der Waals surface area contributed by atoms with Gasteiger partial charge in [-0.05, 0) is 61.4 Å². The van der Waals surface area contributed by atoms with Crippen LogP contribution in [0, 0.1) is 11.7 Å². The first-order valence-electron chi connectivity index (χ1n) is 10.4. The number of ether oxygens (including phenoxy) is 1. The molecule has 2 heterocycles. The normalized spacial score (nSPS) is 20.5. The van der Waals surface area contributed by atoms with E-state index >= 15 is 0 Å². The van der Waals surface area contributed by atoms with Crippen molar-refractivity contribution < 1.29 is 18.1 Å². The van der Waals surface area contributed by atoms with Gasteiger partial charge in [0.2, 0.25) is 5.88 Å². The fourth-order valence-electron chi connectivity index (χ4n) is 4.71. The average molecular weight is 449 g/mol. The first-order valence-corrected chi connectivity index (χ1v) is 12.0. The van der Waals surface area contributed by atoms with Gasteiger partial charge < -0.3 is 15.4 Å². The van der Waals surface area contributed by atoms with E-state index in [1.165, 1.54) is 6.20 Å². The van der Waals surface area contributed by atoms with Gasteiger partial charge in [0.05, 0.1) is 19.3 Å². The van der Waals surface area contributed by atoms with E-state index in [1.54, 1.807) is 4.68 Å². The second-order valence-electron chi connectivity index (χ2n) is 8.28. The Hall–Kier alpha value is -2.50. The zero-order chi connectivity index (χ0) is 21.8. The third-order valence-electron chi connectivity index (χ3n) is 6.25. The Kier molecular flexibility index (Phi) is 4.98. The van der Waals surface area contributed by atoms with Gasteiger partial charge in [-0.15, -0.1) is 4.36 Å². The molecule has 9 nitrogen and oxygen atoms in total. The van der Waals surface area contributed by atoms with E-state index in [2.05, 4.69) is 20.1 Å². The molecular weight excluding hydrogens is 423 g/mol. The molecule has 1 aromatic heterocycles. The van der Waals surface area contributed by atoms with Crippen molar-refractivity contribution in [2.45, 2.75) is 43.5 Å². The van der Waals surface area contributed by atoms with Crippen LogP contribution in [0.4, 0.5) is 14.9 Å². The first-order chi connectivity index (χ1) is 14.9. The Bertz CT molecular complexity index is 1200. The van der Waals surface area contributed by atoms with Gasteiger partial charge in [0, 0.05) is 18.2 Å². The Labute approximate surface area is 179 Å². The van der Waals surface area contributed by atoms with Crippen LogP contribution in [0.25, 0.3) is 0 Å². The molecule has 2 unspecified atom stereocenters. The van der Waals surface area contributed by atoms with Crippen LogP contribution in [0.1, 0.15) is 28.7 Å². The molecule has 4 N–H and O–H groups in total. The van der Waals surface area contributed by atoms with Crippen molar-refractivity contribution in [3.8, 4) is 5.88 Å². The van der Waals surface area contributed by atoms with Crippen molar-refractivity contribution in [1.82, 2.24) is 15.1 Å². The number of aromatic nitrogens is 2. The number of hydrogen-bond donors (Lipinski definition) is 3. The summed E-state index contributed by atoms with van der Waals surface area (Å²) in [5.41, 5.74) is 3.59. The molecule has 0 bridgehead atoms. The summed E-state index contributed by atoms with van der Waals surface area (Å²) in [6.45, 7) is 1.77. The maximum Gasteiger partial charge on any atom is 0.354 e. The summed E-state index contributed by atoms with van der Waals surface area (Å²) in [5, 5.41) is 16.0. The van der Waals surface area contributed by atoms with Gasteiger partial charge in [0.25, 0.3) is 0 Å². The summed E-state index contributed by atoms with van der Waals surface area (Å²) in [7, 11) is -1.71. The molecule has 0 radical (unpaired) electrons. The van der Waals surface area contributed by atoms with E-state index in [9.17, 15) is 13.4 Å². The zero-order valence-corrected chi connectivity index (χ0v) is 18.1. The number of carbonyl (C=O) groups excluding carboxylic acids is 1. The van der Waals surface area contributed by atoms with Crippen LogP contribution in [0.15, 0.2) is 15.5 Å². The molecular formula is C20H25FN6O3S. The fourth-order valence-corrected chi connectivity index (χ4v) is 5.71. The van der Waals surface area contributed by atoms with Crippen LogP contribution in [-0.2, 0) is 42.1 Å². The molecule has 1 aliphatic heterocycles. The highest BCUT2D eigenvalue weighted by molar-refractivity contribution is 7.91. The SMILES string of the molecule is CNCC1COc2c(S(N)(=O)=NC(=O)Nc3c4c(c(F)c5c3CC5)CCC4)cnn2C1. The van der Waals surface area contributed by atoms with Gasteiger partial charge >= 0.3 is 6.03 Å². The monoisotopic (exact) mass is 448 g/mol. The summed E-state index contributed by atoms with van der Waals surface area (Å²) in [6.07, 6.45) is 4.92. The number of benzene rings is 1. The van der Waals surface area contributed by atoms with Crippen molar-refractivity contribution in [2.24, 2.45) is 15.4 Å². The smallest absolute Gasteiger partial charge is 0.354 e. The van der Waals surface area contributed by atoms with Crippen molar-refractivity contribution in [3.05, 3.63) is 34.3 Å². The number of halogens is 1. The van der Waals surface area contributed by atoms with Gasteiger partial charge in [-0.1, -0.05) is 0 Å². The van der Waals surface area contributed by atoms with Crippen LogP contribution >= 0.6 is 0 Å². The Morgan fingerprint density at radius 2 is 2.03 bits per heavy atom. The predicted molar refractivity (Wildman–Crippen MR) is 113 cm³/mol. The Morgan fingerprint density at radius 1 is 1.32 bits per heavy atom. The minimum Gasteiger partial charge on any atom is -0.476 e.